The lowest BCUT2D eigenvalue weighted by Gasteiger charge is -2.32. The fourth-order valence-corrected chi connectivity index (χ4v) is 2.44. The molecule has 0 aromatic carbocycles. The van der Waals surface area contributed by atoms with Gasteiger partial charge >= 0.3 is 0 Å². The number of aromatic nitrogens is 2. The van der Waals surface area contributed by atoms with Gasteiger partial charge in [0.25, 0.3) is 5.91 Å². The van der Waals surface area contributed by atoms with Gasteiger partial charge in [-0.3, -0.25) is 4.79 Å². The van der Waals surface area contributed by atoms with Crippen molar-refractivity contribution < 1.29 is 4.79 Å². The van der Waals surface area contributed by atoms with Crippen molar-refractivity contribution in [3.8, 4) is 0 Å². The Kier molecular flexibility index (Phi) is 2.98. The maximum absolute atomic E-state index is 12.4. The minimum atomic E-state index is 0.112. The van der Waals surface area contributed by atoms with Gasteiger partial charge in [0, 0.05) is 38.6 Å². The summed E-state index contributed by atoms with van der Waals surface area (Å²) in [5, 5.41) is 0. The molecule has 3 heterocycles. The van der Waals surface area contributed by atoms with E-state index in [1.165, 1.54) is 0 Å². The summed E-state index contributed by atoms with van der Waals surface area (Å²) in [6, 6.07) is 3.76. The lowest BCUT2D eigenvalue weighted by Crippen LogP contribution is -2.47. The van der Waals surface area contributed by atoms with E-state index in [-0.39, 0.29) is 5.91 Å². The van der Waals surface area contributed by atoms with Crippen molar-refractivity contribution in [1.29, 1.82) is 0 Å². The normalized spacial score (nSPS) is 17.1. The van der Waals surface area contributed by atoms with Crippen molar-refractivity contribution in [2.24, 2.45) is 0 Å². The monoisotopic (exact) mass is 258 g/mol. The van der Waals surface area contributed by atoms with E-state index >= 15 is 0 Å². The maximum Gasteiger partial charge on any atom is 0.255 e. The molecule has 0 unspecified atom stereocenters. The zero-order chi connectivity index (χ0) is 13.4. The molecule has 5 nitrogen and oxygen atoms in total. The quantitative estimate of drug-likeness (QED) is 0.767. The number of amides is 1. The molecule has 5 heteroatoms. The van der Waals surface area contributed by atoms with Crippen LogP contribution in [-0.4, -0.2) is 58.3 Å². The van der Waals surface area contributed by atoms with Gasteiger partial charge < -0.3 is 14.2 Å². The van der Waals surface area contributed by atoms with Crippen LogP contribution in [0, 0.1) is 6.92 Å². The van der Waals surface area contributed by atoms with Gasteiger partial charge in [-0.2, -0.15) is 0 Å². The summed E-state index contributed by atoms with van der Waals surface area (Å²) in [4.78, 5) is 21.0. The average Bonchev–Trinajstić information content (AvgIpc) is 2.77. The standard InChI is InChI=1S/C14H18N4O/c1-11-9-18-10-12(3-4-13(18)15-11)14(19)17-7-5-16(2)6-8-17/h3-4,9-10H,5-8H2,1-2H3. The number of pyridine rings is 1. The summed E-state index contributed by atoms with van der Waals surface area (Å²) in [5.41, 5.74) is 2.58. The molecule has 1 fully saturated rings. The number of carbonyl (C=O) groups is 1. The van der Waals surface area contributed by atoms with Crippen LogP contribution in [0.2, 0.25) is 0 Å². The first-order valence-electron chi connectivity index (χ1n) is 6.57. The molecule has 1 aliphatic heterocycles. The smallest absolute Gasteiger partial charge is 0.255 e. The van der Waals surface area contributed by atoms with Gasteiger partial charge in [0.1, 0.15) is 5.65 Å². The lowest BCUT2D eigenvalue weighted by molar-refractivity contribution is 0.0663. The number of hydrogen-bond donors (Lipinski definition) is 0. The second-order valence-corrected chi connectivity index (χ2v) is 5.16. The molecule has 0 N–H and O–H groups in total. The highest BCUT2D eigenvalue weighted by Crippen LogP contribution is 2.11. The predicted octanol–water partition coefficient (Wildman–Crippen LogP) is 1.03. The van der Waals surface area contributed by atoms with Crippen LogP contribution in [0.5, 0.6) is 0 Å². The molecule has 0 bridgehead atoms. The highest BCUT2D eigenvalue weighted by atomic mass is 16.2. The molecule has 1 amide bonds. The van der Waals surface area contributed by atoms with E-state index in [4.69, 9.17) is 0 Å². The fourth-order valence-electron chi connectivity index (χ4n) is 2.44. The van der Waals surface area contributed by atoms with Crippen LogP contribution in [0.15, 0.2) is 24.5 Å². The lowest BCUT2D eigenvalue weighted by atomic mass is 10.2. The van der Waals surface area contributed by atoms with Gasteiger partial charge in [0.2, 0.25) is 0 Å². The van der Waals surface area contributed by atoms with Crippen molar-refractivity contribution in [3.05, 3.63) is 35.8 Å². The molecule has 0 saturated carbocycles. The molecule has 3 rings (SSSR count). The molecule has 1 saturated heterocycles. The van der Waals surface area contributed by atoms with Crippen LogP contribution >= 0.6 is 0 Å². The first-order valence-corrected chi connectivity index (χ1v) is 6.57. The number of hydrogen-bond acceptors (Lipinski definition) is 3. The number of aryl methyl sites for hydroxylation is 1. The first kappa shape index (κ1) is 12.2. The summed E-state index contributed by atoms with van der Waals surface area (Å²) in [6.07, 6.45) is 3.81. The highest BCUT2D eigenvalue weighted by Gasteiger charge is 2.20. The second-order valence-electron chi connectivity index (χ2n) is 5.16. The summed E-state index contributed by atoms with van der Waals surface area (Å²) in [7, 11) is 2.09. The highest BCUT2D eigenvalue weighted by molar-refractivity contribution is 5.94. The topological polar surface area (TPSA) is 40.9 Å². The van der Waals surface area contributed by atoms with Crippen molar-refractivity contribution in [2.75, 3.05) is 33.2 Å². The Morgan fingerprint density at radius 3 is 2.63 bits per heavy atom. The molecule has 2 aromatic rings. The van der Waals surface area contributed by atoms with Crippen LogP contribution in [0.4, 0.5) is 0 Å². The maximum atomic E-state index is 12.4. The Balaban J connectivity index is 1.84. The van der Waals surface area contributed by atoms with Crippen molar-refractivity contribution in [1.82, 2.24) is 19.2 Å². The molecule has 0 spiro atoms. The van der Waals surface area contributed by atoms with E-state index in [1.807, 2.05) is 40.8 Å². The minimum absolute atomic E-state index is 0.112. The van der Waals surface area contributed by atoms with Crippen molar-refractivity contribution in [2.45, 2.75) is 6.92 Å². The Bertz CT molecular complexity index is 611. The Morgan fingerprint density at radius 1 is 1.16 bits per heavy atom. The number of rotatable bonds is 1. The predicted molar refractivity (Wildman–Crippen MR) is 73.3 cm³/mol. The van der Waals surface area contributed by atoms with Gasteiger partial charge in [-0.05, 0) is 26.1 Å². The molecular formula is C14H18N4O. The largest absolute Gasteiger partial charge is 0.336 e. The molecule has 2 aromatic heterocycles. The van der Waals surface area contributed by atoms with Crippen LogP contribution in [0.25, 0.3) is 5.65 Å². The molecular weight excluding hydrogens is 240 g/mol. The van der Waals surface area contributed by atoms with Crippen LogP contribution in [0.3, 0.4) is 0 Å². The van der Waals surface area contributed by atoms with E-state index in [0.717, 1.165) is 43.1 Å². The SMILES string of the molecule is Cc1cn2cc(C(=O)N3CCN(C)CC3)ccc2n1. The van der Waals surface area contributed by atoms with Gasteiger partial charge in [0.15, 0.2) is 0 Å². The summed E-state index contributed by atoms with van der Waals surface area (Å²) >= 11 is 0. The van der Waals surface area contributed by atoms with Gasteiger partial charge in [-0.25, -0.2) is 4.98 Å². The number of fused-ring (bicyclic) bond motifs is 1. The Hall–Kier alpha value is -1.88. The molecule has 100 valence electrons. The number of nitrogens with zero attached hydrogens (tertiary/aromatic N) is 4. The van der Waals surface area contributed by atoms with E-state index in [2.05, 4.69) is 16.9 Å². The summed E-state index contributed by atoms with van der Waals surface area (Å²) in [5.74, 6) is 0.112. The Labute approximate surface area is 112 Å². The van der Waals surface area contributed by atoms with E-state index in [0.29, 0.717) is 0 Å². The molecule has 0 radical (unpaired) electrons. The minimum Gasteiger partial charge on any atom is -0.336 e. The number of piperazine rings is 1. The zero-order valence-corrected chi connectivity index (χ0v) is 11.3. The third kappa shape index (κ3) is 2.33. The summed E-state index contributed by atoms with van der Waals surface area (Å²) < 4.78 is 1.92. The van der Waals surface area contributed by atoms with E-state index < -0.39 is 0 Å². The van der Waals surface area contributed by atoms with Crippen LogP contribution < -0.4 is 0 Å². The van der Waals surface area contributed by atoms with Gasteiger partial charge in [-0.1, -0.05) is 0 Å². The van der Waals surface area contributed by atoms with E-state index in [9.17, 15) is 4.79 Å². The van der Waals surface area contributed by atoms with Crippen molar-refractivity contribution >= 4 is 11.6 Å². The number of carbonyl (C=O) groups excluding carboxylic acids is 1. The molecule has 1 aliphatic rings. The average molecular weight is 258 g/mol. The third-order valence-electron chi connectivity index (χ3n) is 3.61. The molecule has 19 heavy (non-hydrogen) atoms. The Morgan fingerprint density at radius 2 is 1.89 bits per heavy atom. The summed E-state index contributed by atoms with van der Waals surface area (Å²) in [6.45, 7) is 5.44. The van der Waals surface area contributed by atoms with Gasteiger partial charge in [0.05, 0.1) is 11.3 Å². The first-order chi connectivity index (χ1) is 9.13. The van der Waals surface area contributed by atoms with Crippen LogP contribution in [0.1, 0.15) is 16.1 Å². The molecule has 0 atom stereocenters. The van der Waals surface area contributed by atoms with Gasteiger partial charge in [-0.15, -0.1) is 0 Å². The molecule has 0 aliphatic carbocycles. The number of likely N-dealkylation sites (N-methyl/N-ethyl adjacent to an activating group) is 1. The number of imidazole rings is 1. The third-order valence-corrected chi connectivity index (χ3v) is 3.61. The van der Waals surface area contributed by atoms with Crippen LogP contribution in [-0.2, 0) is 0 Å². The zero-order valence-electron chi connectivity index (χ0n) is 11.3. The van der Waals surface area contributed by atoms with Crippen molar-refractivity contribution in [3.63, 3.8) is 0 Å². The second kappa shape index (κ2) is 4.66. The van der Waals surface area contributed by atoms with E-state index in [1.54, 1.807) is 0 Å². The fraction of sp³-hybridized carbons (Fsp3) is 0.429.